The molecule has 0 aliphatic carbocycles. The number of furan rings is 1. The van der Waals surface area contributed by atoms with Crippen molar-refractivity contribution in [2.75, 3.05) is 0 Å². The van der Waals surface area contributed by atoms with Gasteiger partial charge < -0.3 is 9.52 Å². The summed E-state index contributed by atoms with van der Waals surface area (Å²) < 4.78 is 5.19. The van der Waals surface area contributed by atoms with Crippen molar-refractivity contribution in [1.29, 1.82) is 0 Å². The van der Waals surface area contributed by atoms with Gasteiger partial charge in [-0.05, 0) is 18.4 Å². The van der Waals surface area contributed by atoms with Gasteiger partial charge in [-0.25, -0.2) is 0 Å². The van der Waals surface area contributed by atoms with Crippen LogP contribution in [0, 0.1) is 6.92 Å². The first-order valence-electron chi connectivity index (χ1n) is 4.31. The van der Waals surface area contributed by atoms with Gasteiger partial charge in [0.2, 0.25) is 0 Å². The first kappa shape index (κ1) is 9.84. The number of aryl methyl sites for hydroxylation is 1. The van der Waals surface area contributed by atoms with Crippen LogP contribution in [0.2, 0.25) is 0 Å². The van der Waals surface area contributed by atoms with Crippen LogP contribution in [0.4, 0.5) is 0 Å². The Morgan fingerprint density at radius 3 is 2.69 bits per heavy atom. The minimum atomic E-state index is -0.814. The van der Waals surface area contributed by atoms with E-state index in [-0.39, 0.29) is 6.42 Å². The highest BCUT2D eigenvalue weighted by Gasteiger charge is 2.15. The molecule has 1 rings (SSSR count). The molecular formula is C10H14O3. The summed E-state index contributed by atoms with van der Waals surface area (Å²) in [6, 6.07) is 0. The Hall–Kier alpha value is -1.25. The molecule has 0 atom stereocenters. The molecule has 0 unspecified atom stereocenters. The largest absolute Gasteiger partial charge is 0.481 e. The molecule has 13 heavy (non-hydrogen) atoms. The highest BCUT2D eigenvalue weighted by molar-refractivity contribution is 5.71. The second-order valence-corrected chi connectivity index (χ2v) is 3.45. The van der Waals surface area contributed by atoms with Crippen molar-refractivity contribution < 1.29 is 14.3 Å². The molecule has 0 saturated heterocycles. The molecule has 0 aliphatic heterocycles. The Morgan fingerprint density at radius 2 is 2.23 bits per heavy atom. The lowest BCUT2D eigenvalue weighted by Gasteiger charge is -2.03. The van der Waals surface area contributed by atoms with E-state index >= 15 is 0 Å². The van der Waals surface area contributed by atoms with Gasteiger partial charge in [-0.15, -0.1) is 0 Å². The summed E-state index contributed by atoms with van der Waals surface area (Å²) >= 11 is 0. The number of hydrogen-bond donors (Lipinski definition) is 1. The number of hydrogen-bond acceptors (Lipinski definition) is 2. The minimum absolute atomic E-state index is 0.0514. The van der Waals surface area contributed by atoms with Crippen molar-refractivity contribution >= 4 is 5.97 Å². The fraction of sp³-hybridized carbons (Fsp3) is 0.500. The van der Waals surface area contributed by atoms with Crippen LogP contribution in [0.25, 0.3) is 0 Å². The number of carboxylic acid groups (broad SMARTS) is 1. The van der Waals surface area contributed by atoms with Crippen molar-refractivity contribution in [3.05, 3.63) is 23.2 Å². The first-order valence-corrected chi connectivity index (χ1v) is 4.31. The van der Waals surface area contributed by atoms with Crippen molar-refractivity contribution in [2.24, 2.45) is 0 Å². The third-order valence-electron chi connectivity index (χ3n) is 2.09. The van der Waals surface area contributed by atoms with Gasteiger partial charge in [-0.3, -0.25) is 4.79 Å². The third kappa shape index (κ3) is 2.11. The molecule has 0 saturated carbocycles. The average Bonchev–Trinajstić information content (AvgIpc) is 2.32. The topological polar surface area (TPSA) is 50.4 Å². The Bertz CT molecular complexity index is 310. The van der Waals surface area contributed by atoms with Gasteiger partial charge in [-0.2, -0.15) is 0 Å². The van der Waals surface area contributed by atoms with E-state index in [0.717, 1.165) is 11.1 Å². The zero-order valence-electron chi connectivity index (χ0n) is 8.13. The maximum atomic E-state index is 10.6. The van der Waals surface area contributed by atoms with E-state index in [9.17, 15) is 4.79 Å². The van der Waals surface area contributed by atoms with Crippen molar-refractivity contribution in [1.82, 2.24) is 0 Å². The minimum Gasteiger partial charge on any atom is -0.481 e. The highest BCUT2D eigenvalue weighted by atomic mass is 16.4. The van der Waals surface area contributed by atoms with Crippen LogP contribution in [-0.2, 0) is 11.2 Å². The molecule has 0 aliphatic rings. The lowest BCUT2D eigenvalue weighted by Crippen LogP contribution is -2.03. The van der Waals surface area contributed by atoms with Gasteiger partial charge in [0, 0.05) is 5.56 Å². The molecule has 1 heterocycles. The normalized spacial score (nSPS) is 10.8. The average molecular weight is 182 g/mol. The summed E-state index contributed by atoms with van der Waals surface area (Å²) in [6.07, 6.45) is 1.70. The Kier molecular flexibility index (Phi) is 2.76. The number of aliphatic carboxylic acids is 1. The van der Waals surface area contributed by atoms with Crippen molar-refractivity contribution in [3.63, 3.8) is 0 Å². The third-order valence-corrected chi connectivity index (χ3v) is 2.09. The summed E-state index contributed by atoms with van der Waals surface area (Å²) in [7, 11) is 0. The van der Waals surface area contributed by atoms with Crippen LogP contribution in [0.15, 0.2) is 10.7 Å². The molecule has 0 bridgehead atoms. The van der Waals surface area contributed by atoms with Gasteiger partial charge in [0.05, 0.1) is 12.7 Å². The summed E-state index contributed by atoms with van der Waals surface area (Å²) in [5, 5.41) is 8.67. The quantitative estimate of drug-likeness (QED) is 0.780. The van der Waals surface area contributed by atoms with E-state index in [2.05, 4.69) is 0 Å². The van der Waals surface area contributed by atoms with Crippen LogP contribution < -0.4 is 0 Å². The molecular weight excluding hydrogens is 168 g/mol. The van der Waals surface area contributed by atoms with Gasteiger partial charge in [0.1, 0.15) is 5.76 Å². The Labute approximate surface area is 77.4 Å². The molecule has 0 amide bonds. The van der Waals surface area contributed by atoms with Gasteiger partial charge in [0.25, 0.3) is 0 Å². The fourth-order valence-corrected chi connectivity index (χ4v) is 1.36. The maximum Gasteiger partial charge on any atom is 0.307 e. The predicted octanol–water partition coefficient (Wildman–Crippen LogP) is 2.34. The second-order valence-electron chi connectivity index (χ2n) is 3.45. The van der Waals surface area contributed by atoms with Crippen LogP contribution in [0.5, 0.6) is 0 Å². The monoisotopic (exact) mass is 182 g/mol. The van der Waals surface area contributed by atoms with Crippen LogP contribution in [0.1, 0.15) is 36.7 Å². The smallest absolute Gasteiger partial charge is 0.307 e. The maximum absolute atomic E-state index is 10.6. The Balaban J connectivity index is 3.01. The summed E-state index contributed by atoms with van der Waals surface area (Å²) in [6.45, 7) is 5.84. The van der Waals surface area contributed by atoms with Crippen molar-refractivity contribution in [3.8, 4) is 0 Å². The fourth-order valence-electron chi connectivity index (χ4n) is 1.36. The molecule has 1 N–H and O–H groups in total. The zero-order valence-corrected chi connectivity index (χ0v) is 8.13. The second kappa shape index (κ2) is 3.64. The molecule has 0 spiro atoms. The number of rotatable bonds is 3. The predicted molar refractivity (Wildman–Crippen MR) is 48.9 cm³/mol. The molecule has 0 aromatic carbocycles. The molecule has 72 valence electrons. The molecule has 1 aromatic heterocycles. The van der Waals surface area contributed by atoms with E-state index in [4.69, 9.17) is 9.52 Å². The molecule has 0 radical (unpaired) electrons. The van der Waals surface area contributed by atoms with E-state index in [0.29, 0.717) is 11.7 Å². The van der Waals surface area contributed by atoms with Gasteiger partial charge in [0.15, 0.2) is 0 Å². The zero-order chi connectivity index (χ0) is 10.0. The molecule has 3 heteroatoms. The summed E-state index contributed by atoms with van der Waals surface area (Å²) in [4.78, 5) is 10.6. The Morgan fingerprint density at radius 1 is 1.62 bits per heavy atom. The van der Waals surface area contributed by atoms with Crippen molar-refractivity contribution in [2.45, 2.75) is 33.1 Å². The van der Waals surface area contributed by atoms with Crippen LogP contribution in [-0.4, -0.2) is 11.1 Å². The lowest BCUT2D eigenvalue weighted by molar-refractivity contribution is -0.136. The first-order chi connectivity index (χ1) is 6.02. The molecule has 0 fully saturated rings. The van der Waals surface area contributed by atoms with E-state index in [1.54, 1.807) is 13.2 Å². The number of carbonyl (C=O) groups is 1. The van der Waals surface area contributed by atoms with Crippen LogP contribution in [0.3, 0.4) is 0 Å². The molecule has 1 aromatic rings. The van der Waals surface area contributed by atoms with E-state index in [1.165, 1.54) is 0 Å². The number of carboxylic acids is 1. The SMILES string of the molecule is Cc1occ(C(C)C)c1CC(=O)O. The summed E-state index contributed by atoms with van der Waals surface area (Å²) in [5.41, 5.74) is 1.82. The standard InChI is InChI=1S/C10H14O3/c1-6(2)9-5-13-7(3)8(9)4-10(11)12/h5-6H,4H2,1-3H3,(H,11,12). The van der Waals surface area contributed by atoms with Crippen LogP contribution >= 0.6 is 0 Å². The van der Waals surface area contributed by atoms with E-state index < -0.39 is 5.97 Å². The lowest BCUT2D eigenvalue weighted by atomic mass is 9.99. The summed E-state index contributed by atoms with van der Waals surface area (Å²) in [5.74, 6) is 0.212. The van der Waals surface area contributed by atoms with E-state index in [1.807, 2.05) is 13.8 Å². The van der Waals surface area contributed by atoms with Gasteiger partial charge >= 0.3 is 5.97 Å². The highest BCUT2D eigenvalue weighted by Crippen LogP contribution is 2.24. The van der Waals surface area contributed by atoms with Gasteiger partial charge in [-0.1, -0.05) is 13.8 Å². The molecule has 3 nitrogen and oxygen atoms in total.